The SMILES string of the molecule is CNCCCC(=O)Nc1cccc(C(C)=O)c1. The standard InChI is InChI=1S/C13H18N2O2/c1-10(16)11-5-3-6-12(9-11)15-13(17)7-4-8-14-2/h3,5-6,9,14H,4,7-8H2,1-2H3,(H,15,17). The Morgan fingerprint density at radius 1 is 1.29 bits per heavy atom. The van der Waals surface area contributed by atoms with Crippen molar-refractivity contribution in [3.63, 3.8) is 0 Å². The fraction of sp³-hybridized carbons (Fsp3) is 0.385. The molecule has 1 aromatic carbocycles. The van der Waals surface area contributed by atoms with Crippen LogP contribution >= 0.6 is 0 Å². The first-order valence-corrected chi connectivity index (χ1v) is 5.69. The molecule has 92 valence electrons. The van der Waals surface area contributed by atoms with Crippen LogP contribution in [-0.4, -0.2) is 25.3 Å². The van der Waals surface area contributed by atoms with Crippen LogP contribution in [0.15, 0.2) is 24.3 Å². The van der Waals surface area contributed by atoms with E-state index in [0.29, 0.717) is 17.7 Å². The van der Waals surface area contributed by atoms with Crippen LogP contribution in [0.3, 0.4) is 0 Å². The molecule has 0 saturated heterocycles. The highest BCUT2D eigenvalue weighted by molar-refractivity contribution is 5.97. The number of amides is 1. The lowest BCUT2D eigenvalue weighted by molar-refractivity contribution is -0.116. The van der Waals surface area contributed by atoms with Gasteiger partial charge in [-0.25, -0.2) is 0 Å². The maximum Gasteiger partial charge on any atom is 0.224 e. The van der Waals surface area contributed by atoms with Gasteiger partial charge in [0.2, 0.25) is 5.91 Å². The molecule has 4 heteroatoms. The van der Waals surface area contributed by atoms with E-state index in [4.69, 9.17) is 0 Å². The number of carbonyl (C=O) groups excluding carboxylic acids is 2. The lowest BCUT2D eigenvalue weighted by Crippen LogP contribution is -2.15. The lowest BCUT2D eigenvalue weighted by atomic mass is 10.1. The summed E-state index contributed by atoms with van der Waals surface area (Å²) in [4.78, 5) is 22.7. The van der Waals surface area contributed by atoms with Gasteiger partial charge >= 0.3 is 0 Å². The van der Waals surface area contributed by atoms with Gasteiger partial charge in [0.1, 0.15) is 0 Å². The maximum absolute atomic E-state index is 11.5. The van der Waals surface area contributed by atoms with Crippen molar-refractivity contribution < 1.29 is 9.59 Å². The van der Waals surface area contributed by atoms with Gasteiger partial charge in [0.25, 0.3) is 0 Å². The van der Waals surface area contributed by atoms with Gasteiger partial charge in [-0.15, -0.1) is 0 Å². The van der Waals surface area contributed by atoms with Crippen LogP contribution in [0, 0.1) is 0 Å². The van der Waals surface area contributed by atoms with Crippen LogP contribution in [0.25, 0.3) is 0 Å². The molecule has 0 atom stereocenters. The summed E-state index contributed by atoms with van der Waals surface area (Å²) in [5, 5.41) is 5.76. The summed E-state index contributed by atoms with van der Waals surface area (Å²) in [5.41, 5.74) is 1.28. The van der Waals surface area contributed by atoms with Crippen molar-refractivity contribution in [2.24, 2.45) is 0 Å². The van der Waals surface area contributed by atoms with Gasteiger partial charge in [0, 0.05) is 17.7 Å². The largest absolute Gasteiger partial charge is 0.326 e. The first-order chi connectivity index (χ1) is 8.13. The summed E-state index contributed by atoms with van der Waals surface area (Å²) in [6.07, 6.45) is 1.28. The summed E-state index contributed by atoms with van der Waals surface area (Å²) < 4.78 is 0. The van der Waals surface area contributed by atoms with E-state index in [9.17, 15) is 9.59 Å². The maximum atomic E-state index is 11.5. The van der Waals surface area contributed by atoms with Crippen molar-refractivity contribution in [2.75, 3.05) is 18.9 Å². The molecule has 0 aliphatic carbocycles. The van der Waals surface area contributed by atoms with E-state index < -0.39 is 0 Å². The third-order valence-corrected chi connectivity index (χ3v) is 2.38. The average Bonchev–Trinajstić information content (AvgIpc) is 2.29. The molecule has 17 heavy (non-hydrogen) atoms. The van der Waals surface area contributed by atoms with Gasteiger partial charge in [-0.05, 0) is 39.1 Å². The quantitative estimate of drug-likeness (QED) is 0.583. The van der Waals surface area contributed by atoms with Crippen molar-refractivity contribution in [1.82, 2.24) is 5.32 Å². The topological polar surface area (TPSA) is 58.2 Å². The molecule has 0 heterocycles. The zero-order valence-corrected chi connectivity index (χ0v) is 10.2. The van der Waals surface area contributed by atoms with Gasteiger partial charge in [0.15, 0.2) is 5.78 Å². The highest BCUT2D eigenvalue weighted by atomic mass is 16.1. The third kappa shape index (κ3) is 4.78. The third-order valence-electron chi connectivity index (χ3n) is 2.38. The molecule has 0 bridgehead atoms. The molecule has 1 amide bonds. The number of hydrogen-bond acceptors (Lipinski definition) is 3. The Hall–Kier alpha value is -1.68. The van der Waals surface area contributed by atoms with E-state index in [0.717, 1.165) is 13.0 Å². The highest BCUT2D eigenvalue weighted by Gasteiger charge is 2.04. The molecule has 0 unspecified atom stereocenters. The van der Waals surface area contributed by atoms with E-state index in [1.807, 2.05) is 7.05 Å². The van der Waals surface area contributed by atoms with E-state index in [2.05, 4.69) is 10.6 Å². The molecule has 0 fully saturated rings. The Kier molecular flexibility index (Phi) is 5.36. The molecule has 0 radical (unpaired) electrons. The number of nitrogens with one attached hydrogen (secondary N) is 2. The van der Waals surface area contributed by atoms with Crippen molar-refractivity contribution in [2.45, 2.75) is 19.8 Å². The zero-order chi connectivity index (χ0) is 12.7. The van der Waals surface area contributed by atoms with Gasteiger partial charge in [-0.2, -0.15) is 0 Å². The molecule has 2 N–H and O–H groups in total. The van der Waals surface area contributed by atoms with Gasteiger partial charge in [0.05, 0.1) is 0 Å². The Bertz CT molecular complexity index is 402. The normalized spacial score (nSPS) is 10.0. The van der Waals surface area contributed by atoms with Crippen molar-refractivity contribution >= 4 is 17.4 Å². The van der Waals surface area contributed by atoms with E-state index in [1.165, 1.54) is 6.92 Å². The van der Waals surface area contributed by atoms with E-state index in [1.54, 1.807) is 24.3 Å². The minimum Gasteiger partial charge on any atom is -0.326 e. The van der Waals surface area contributed by atoms with Crippen LogP contribution in [0.5, 0.6) is 0 Å². The monoisotopic (exact) mass is 234 g/mol. The van der Waals surface area contributed by atoms with Gasteiger partial charge in [-0.3, -0.25) is 9.59 Å². The summed E-state index contributed by atoms with van der Waals surface area (Å²) in [6, 6.07) is 6.97. The number of carbonyl (C=O) groups is 2. The van der Waals surface area contributed by atoms with Crippen LogP contribution in [0.2, 0.25) is 0 Å². The van der Waals surface area contributed by atoms with E-state index in [-0.39, 0.29) is 11.7 Å². The van der Waals surface area contributed by atoms with Crippen LogP contribution in [0.1, 0.15) is 30.1 Å². The molecular formula is C13H18N2O2. The van der Waals surface area contributed by atoms with E-state index >= 15 is 0 Å². The molecule has 4 nitrogen and oxygen atoms in total. The number of rotatable bonds is 6. The van der Waals surface area contributed by atoms with Crippen LogP contribution in [0.4, 0.5) is 5.69 Å². The summed E-state index contributed by atoms with van der Waals surface area (Å²) in [5.74, 6) is -0.0303. The minimum absolute atomic E-state index is 0.00344. The Labute approximate surface area is 101 Å². The number of Topliss-reactive ketones (excluding diaryl/α,β-unsaturated/α-hetero) is 1. The molecular weight excluding hydrogens is 216 g/mol. The van der Waals surface area contributed by atoms with Gasteiger partial charge < -0.3 is 10.6 Å². The molecule has 0 aromatic heterocycles. The molecule has 1 aromatic rings. The van der Waals surface area contributed by atoms with Crippen molar-refractivity contribution in [3.05, 3.63) is 29.8 Å². The van der Waals surface area contributed by atoms with Crippen LogP contribution < -0.4 is 10.6 Å². The second-order valence-electron chi connectivity index (χ2n) is 3.89. The Morgan fingerprint density at radius 3 is 2.71 bits per heavy atom. The minimum atomic E-state index is -0.0269. The summed E-state index contributed by atoms with van der Waals surface area (Å²) >= 11 is 0. The lowest BCUT2D eigenvalue weighted by Gasteiger charge is -2.06. The first kappa shape index (κ1) is 13.4. The predicted molar refractivity (Wildman–Crippen MR) is 68.2 cm³/mol. The van der Waals surface area contributed by atoms with Crippen molar-refractivity contribution in [3.8, 4) is 0 Å². The molecule has 0 aliphatic rings. The summed E-state index contributed by atoms with van der Waals surface area (Å²) in [6.45, 7) is 2.33. The summed E-state index contributed by atoms with van der Waals surface area (Å²) in [7, 11) is 1.86. The number of anilines is 1. The fourth-order valence-electron chi connectivity index (χ4n) is 1.47. The second kappa shape index (κ2) is 6.81. The van der Waals surface area contributed by atoms with Gasteiger partial charge in [-0.1, -0.05) is 12.1 Å². The number of ketones is 1. The predicted octanol–water partition coefficient (Wildman–Crippen LogP) is 1.83. The molecule has 1 rings (SSSR count). The highest BCUT2D eigenvalue weighted by Crippen LogP contribution is 2.11. The molecule has 0 spiro atoms. The fourth-order valence-corrected chi connectivity index (χ4v) is 1.47. The Morgan fingerprint density at radius 2 is 2.06 bits per heavy atom. The average molecular weight is 234 g/mol. The second-order valence-corrected chi connectivity index (χ2v) is 3.89. The number of benzene rings is 1. The smallest absolute Gasteiger partial charge is 0.224 e. The zero-order valence-electron chi connectivity index (χ0n) is 10.2. The van der Waals surface area contributed by atoms with Crippen LogP contribution in [-0.2, 0) is 4.79 Å². The first-order valence-electron chi connectivity index (χ1n) is 5.69. The Balaban J connectivity index is 2.53. The van der Waals surface area contributed by atoms with Crippen molar-refractivity contribution in [1.29, 1.82) is 0 Å². The number of hydrogen-bond donors (Lipinski definition) is 2. The molecule has 0 aliphatic heterocycles. The molecule has 0 saturated carbocycles.